The van der Waals surface area contributed by atoms with E-state index in [-0.39, 0.29) is 11.7 Å². The van der Waals surface area contributed by atoms with Crippen LogP contribution < -0.4 is 4.74 Å². The van der Waals surface area contributed by atoms with Gasteiger partial charge in [-0.3, -0.25) is 4.79 Å². The molecule has 0 radical (unpaired) electrons. The van der Waals surface area contributed by atoms with Crippen LogP contribution >= 0.6 is 0 Å². The van der Waals surface area contributed by atoms with E-state index in [1.807, 2.05) is 39.8 Å². The molecular weight excluding hydrogens is 312 g/mol. The standard InChI is InChI=1S/C18H18O3.2C2H6/c1-12(19)14-8-9-17-16(10-14)15(11-18(20)21-17)13-6-4-2-3-5-7-13;2*1-2/h2,4-10,15,18,20H,3,11H2,1H3;2*1-2H3. The highest BCUT2D eigenvalue weighted by Gasteiger charge is 2.29. The number of Topliss-reactive ketones (excluding diaryl/α,β-unsaturated/α-hetero) is 1. The van der Waals surface area contributed by atoms with Gasteiger partial charge in [-0.15, -0.1) is 0 Å². The van der Waals surface area contributed by atoms with E-state index in [0.29, 0.717) is 17.7 Å². The maximum absolute atomic E-state index is 11.6. The Morgan fingerprint density at radius 3 is 2.56 bits per heavy atom. The van der Waals surface area contributed by atoms with E-state index in [9.17, 15) is 9.90 Å². The smallest absolute Gasteiger partial charge is 0.198 e. The third kappa shape index (κ3) is 5.43. The lowest BCUT2D eigenvalue weighted by molar-refractivity contribution is -0.0359. The van der Waals surface area contributed by atoms with Gasteiger partial charge >= 0.3 is 0 Å². The van der Waals surface area contributed by atoms with Crippen molar-refractivity contribution in [3.05, 3.63) is 65.3 Å². The van der Waals surface area contributed by atoms with E-state index in [1.165, 1.54) is 0 Å². The SMILES string of the molecule is CC.CC.CC(=O)c1ccc2c(c1)C(C1=CC=CCC=C1)CC(O)O2. The van der Waals surface area contributed by atoms with Crippen molar-refractivity contribution >= 4 is 5.78 Å². The fourth-order valence-corrected chi connectivity index (χ4v) is 2.81. The Hall–Kier alpha value is -2.13. The summed E-state index contributed by atoms with van der Waals surface area (Å²) in [4.78, 5) is 11.6. The summed E-state index contributed by atoms with van der Waals surface area (Å²) in [5.41, 5.74) is 2.78. The average molecular weight is 342 g/mol. The predicted molar refractivity (Wildman–Crippen MR) is 104 cm³/mol. The Bertz CT molecular complexity index is 653. The third-order valence-corrected chi connectivity index (χ3v) is 3.90. The van der Waals surface area contributed by atoms with Gasteiger partial charge in [0.1, 0.15) is 5.75 Å². The molecule has 2 atom stereocenters. The van der Waals surface area contributed by atoms with E-state index < -0.39 is 6.29 Å². The van der Waals surface area contributed by atoms with E-state index in [2.05, 4.69) is 24.3 Å². The van der Waals surface area contributed by atoms with Gasteiger partial charge in [0.2, 0.25) is 0 Å². The first-order valence-corrected chi connectivity index (χ1v) is 9.18. The van der Waals surface area contributed by atoms with Crippen molar-refractivity contribution in [2.24, 2.45) is 0 Å². The monoisotopic (exact) mass is 342 g/mol. The predicted octanol–water partition coefficient (Wildman–Crippen LogP) is 5.57. The topological polar surface area (TPSA) is 46.5 Å². The molecular formula is C22H30O3. The first-order chi connectivity index (χ1) is 12.1. The summed E-state index contributed by atoms with van der Waals surface area (Å²) in [5.74, 6) is 0.737. The summed E-state index contributed by atoms with van der Waals surface area (Å²) in [6.45, 7) is 9.56. The van der Waals surface area contributed by atoms with Crippen molar-refractivity contribution < 1.29 is 14.6 Å². The fourth-order valence-electron chi connectivity index (χ4n) is 2.81. The second-order valence-electron chi connectivity index (χ2n) is 5.40. The van der Waals surface area contributed by atoms with Crippen LogP contribution in [0.2, 0.25) is 0 Å². The minimum atomic E-state index is -0.813. The number of hydrogen-bond donors (Lipinski definition) is 1. The molecule has 1 aromatic rings. The molecule has 2 aliphatic rings. The fraction of sp³-hybridized carbons (Fsp3) is 0.409. The number of aliphatic hydroxyl groups is 1. The molecule has 0 amide bonds. The van der Waals surface area contributed by atoms with E-state index in [4.69, 9.17) is 4.74 Å². The highest BCUT2D eigenvalue weighted by atomic mass is 16.6. The summed E-state index contributed by atoms with van der Waals surface area (Å²) < 4.78 is 5.49. The van der Waals surface area contributed by atoms with Gasteiger partial charge in [-0.25, -0.2) is 0 Å². The van der Waals surface area contributed by atoms with Crippen molar-refractivity contribution in [2.75, 3.05) is 0 Å². The zero-order valence-electron chi connectivity index (χ0n) is 16.0. The zero-order chi connectivity index (χ0) is 18.8. The highest BCUT2D eigenvalue weighted by Crippen LogP contribution is 2.41. The maximum atomic E-state index is 11.6. The molecule has 0 spiro atoms. The summed E-state index contributed by atoms with van der Waals surface area (Å²) in [6, 6.07) is 5.41. The number of allylic oxidation sites excluding steroid dienone is 6. The van der Waals surface area contributed by atoms with E-state index in [1.54, 1.807) is 19.1 Å². The van der Waals surface area contributed by atoms with Crippen LogP contribution in [0.25, 0.3) is 0 Å². The van der Waals surface area contributed by atoms with Crippen LogP contribution in [0.3, 0.4) is 0 Å². The Morgan fingerprint density at radius 2 is 1.88 bits per heavy atom. The molecule has 0 saturated carbocycles. The summed E-state index contributed by atoms with van der Waals surface area (Å²) in [6.07, 6.45) is 11.0. The van der Waals surface area contributed by atoms with Crippen molar-refractivity contribution in [1.29, 1.82) is 0 Å². The lowest BCUT2D eigenvalue weighted by Gasteiger charge is -2.30. The Labute approximate surface area is 151 Å². The van der Waals surface area contributed by atoms with Crippen molar-refractivity contribution in [3.63, 3.8) is 0 Å². The summed E-state index contributed by atoms with van der Waals surface area (Å²) in [7, 11) is 0. The molecule has 25 heavy (non-hydrogen) atoms. The van der Waals surface area contributed by atoms with Gasteiger partial charge < -0.3 is 9.84 Å². The van der Waals surface area contributed by atoms with Crippen LogP contribution in [0, 0.1) is 0 Å². The van der Waals surface area contributed by atoms with Gasteiger partial charge in [-0.2, -0.15) is 0 Å². The molecule has 3 nitrogen and oxygen atoms in total. The summed E-state index contributed by atoms with van der Waals surface area (Å²) in [5, 5.41) is 9.95. The Morgan fingerprint density at radius 1 is 1.16 bits per heavy atom. The van der Waals surface area contributed by atoms with Crippen LogP contribution in [0.15, 0.2) is 54.2 Å². The molecule has 0 bridgehead atoms. The van der Waals surface area contributed by atoms with Crippen LogP contribution in [0.1, 0.15) is 69.3 Å². The van der Waals surface area contributed by atoms with Gasteiger partial charge in [0.05, 0.1) is 0 Å². The molecule has 136 valence electrons. The van der Waals surface area contributed by atoms with Gasteiger partial charge in [-0.1, -0.05) is 58.1 Å². The largest absolute Gasteiger partial charge is 0.465 e. The number of rotatable bonds is 2. The minimum absolute atomic E-state index is 0.0351. The van der Waals surface area contributed by atoms with E-state index in [0.717, 1.165) is 17.6 Å². The second-order valence-corrected chi connectivity index (χ2v) is 5.40. The van der Waals surface area contributed by atoms with Crippen molar-refractivity contribution in [2.45, 2.75) is 59.7 Å². The van der Waals surface area contributed by atoms with Crippen LogP contribution in [-0.2, 0) is 0 Å². The first kappa shape index (κ1) is 20.9. The molecule has 3 rings (SSSR count). The molecule has 1 aliphatic carbocycles. The number of ketones is 1. The number of carbonyl (C=O) groups is 1. The number of hydrogen-bond acceptors (Lipinski definition) is 3. The van der Waals surface area contributed by atoms with Gasteiger partial charge in [0.25, 0.3) is 0 Å². The van der Waals surface area contributed by atoms with Crippen molar-refractivity contribution in [1.82, 2.24) is 0 Å². The number of carbonyl (C=O) groups excluding carboxylic acids is 1. The molecule has 3 heteroatoms. The highest BCUT2D eigenvalue weighted by molar-refractivity contribution is 5.94. The Kier molecular flexibility index (Phi) is 8.93. The normalized spacial score (nSPS) is 20.5. The molecule has 0 saturated heterocycles. The van der Waals surface area contributed by atoms with Crippen LogP contribution in [0.4, 0.5) is 0 Å². The molecule has 1 N–H and O–H groups in total. The Balaban J connectivity index is 0.000000730. The number of benzene rings is 1. The molecule has 1 aromatic carbocycles. The zero-order valence-corrected chi connectivity index (χ0v) is 16.0. The van der Waals surface area contributed by atoms with Crippen LogP contribution in [-0.4, -0.2) is 17.2 Å². The quantitative estimate of drug-likeness (QED) is 0.715. The molecule has 0 fully saturated rings. The molecule has 1 aliphatic heterocycles. The number of aliphatic hydroxyl groups excluding tert-OH is 1. The number of ether oxygens (including phenoxy) is 1. The maximum Gasteiger partial charge on any atom is 0.198 e. The lowest BCUT2D eigenvalue weighted by atomic mass is 9.84. The van der Waals surface area contributed by atoms with Crippen molar-refractivity contribution in [3.8, 4) is 5.75 Å². The first-order valence-electron chi connectivity index (χ1n) is 9.18. The van der Waals surface area contributed by atoms with Gasteiger partial charge in [0.15, 0.2) is 12.1 Å². The summed E-state index contributed by atoms with van der Waals surface area (Å²) >= 11 is 0. The van der Waals surface area contributed by atoms with Gasteiger partial charge in [0, 0.05) is 23.5 Å². The third-order valence-electron chi connectivity index (χ3n) is 3.90. The molecule has 1 heterocycles. The molecule has 2 unspecified atom stereocenters. The van der Waals surface area contributed by atoms with Gasteiger partial charge in [-0.05, 0) is 37.1 Å². The van der Waals surface area contributed by atoms with E-state index >= 15 is 0 Å². The molecule has 0 aromatic heterocycles. The number of fused-ring (bicyclic) bond motifs is 1. The minimum Gasteiger partial charge on any atom is -0.465 e. The lowest BCUT2D eigenvalue weighted by Crippen LogP contribution is -2.26. The van der Waals surface area contributed by atoms with Crippen LogP contribution in [0.5, 0.6) is 5.75 Å². The second kappa shape index (κ2) is 10.7. The average Bonchev–Trinajstić information content (AvgIpc) is 2.93.